The van der Waals surface area contributed by atoms with Crippen molar-refractivity contribution in [3.8, 4) is 5.75 Å². The third-order valence-corrected chi connectivity index (χ3v) is 6.00. The quantitative estimate of drug-likeness (QED) is 0.273. The van der Waals surface area contributed by atoms with Crippen molar-refractivity contribution in [2.75, 3.05) is 10.6 Å². The molecule has 170 valence electrons. The second-order valence-corrected chi connectivity index (χ2v) is 8.28. The third-order valence-electron chi connectivity index (χ3n) is 4.65. The Morgan fingerprint density at radius 1 is 0.939 bits per heavy atom. The Morgan fingerprint density at radius 3 is 2.36 bits per heavy atom. The molecular formula is C24H21FN2O5S. The van der Waals surface area contributed by atoms with E-state index in [-0.39, 0.29) is 22.7 Å². The number of hydrogen-bond acceptors (Lipinski definition) is 5. The molecular weight excluding hydrogens is 447 g/mol. The number of aromatic hydroxyl groups is 1. The molecule has 3 aromatic carbocycles. The molecule has 0 saturated heterocycles. The minimum Gasteiger partial charge on any atom is -0.507 e. The van der Waals surface area contributed by atoms with E-state index in [9.17, 15) is 23.9 Å². The molecule has 0 aliphatic rings. The molecule has 0 spiro atoms. The number of carboxylic acid groups (broad SMARTS) is 1. The van der Waals surface area contributed by atoms with Crippen LogP contribution in [-0.4, -0.2) is 33.2 Å². The average molecular weight is 469 g/mol. The topological polar surface area (TPSA) is 116 Å². The van der Waals surface area contributed by atoms with Crippen LogP contribution in [0, 0.1) is 5.82 Å². The summed E-state index contributed by atoms with van der Waals surface area (Å²) < 4.78 is 13.8. The van der Waals surface area contributed by atoms with Crippen LogP contribution in [0.1, 0.15) is 34.1 Å². The first-order valence-corrected chi connectivity index (χ1v) is 10.9. The average Bonchev–Trinajstić information content (AvgIpc) is 2.79. The molecule has 0 bridgehead atoms. The summed E-state index contributed by atoms with van der Waals surface area (Å²) in [5.74, 6) is -3.24. The molecule has 33 heavy (non-hydrogen) atoms. The van der Waals surface area contributed by atoms with Gasteiger partial charge in [0.2, 0.25) is 5.91 Å². The lowest BCUT2D eigenvalue weighted by Crippen LogP contribution is -2.24. The third kappa shape index (κ3) is 6.11. The Hall–Kier alpha value is -3.85. The molecule has 0 aliphatic carbocycles. The molecule has 4 N–H and O–H groups in total. The van der Waals surface area contributed by atoms with Gasteiger partial charge in [-0.05, 0) is 55.0 Å². The summed E-state index contributed by atoms with van der Waals surface area (Å²) in [4.78, 5) is 37.0. The SMILES string of the molecule is CCC(Sc1cccc(NC(=O)c2ccccc2F)c1)C(=O)Nc1ccc(O)c(C(=O)O)c1. The lowest BCUT2D eigenvalue weighted by molar-refractivity contribution is -0.115. The minimum absolute atomic E-state index is 0.0732. The van der Waals surface area contributed by atoms with E-state index in [1.54, 1.807) is 30.3 Å². The summed E-state index contributed by atoms with van der Waals surface area (Å²) in [6, 6.07) is 16.3. The molecule has 0 radical (unpaired) electrons. The second-order valence-electron chi connectivity index (χ2n) is 7.00. The summed E-state index contributed by atoms with van der Waals surface area (Å²) in [7, 11) is 0. The number of halogens is 1. The van der Waals surface area contributed by atoms with Crippen LogP contribution < -0.4 is 10.6 Å². The highest BCUT2D eigenvalue weighted by Crippen LogP contribution is 2.29. The number of carboxylic acids is 1. The van der Waals surface area contributed by atoms with Crippen LogP contribution in [-0.2, 0) is 4.79 Å². The molecule has 0 heterocycles. The fraction of sp³-hybridized carbons (Fsp3) is 0.125. The van der Waals surface area contributed by atoms with Gasteiger partial charge in [-0.3, -0.25) is 9.59 Å². The van der Waals surface area contributed by atoms with Gasteiger partial charge >= 0.3 is 5.97 Å². The number of aromatic carboxylic acids is 1. The van der Waals surface area contributed by atoms with E-state index < -0.39 is 28.7 Å². The van der Waals surface area contributed by atoms with Gasteiger partial charge in [-0.15, -0.1) is 11.8 Å². The van der Waals surface area contributed by atoms with E-state index in [2.05, 4.69) is 10.6 Å². The van der Waals surface area contributed by atoms with Gasteiger partial charge < -0.3 is 20.8 Å². The van der Waals surface area contributed by atoms with E-state index in [0.717, 1.165) is 0 Å². The Balaban J connectivity index is 1.69. The van der Waals surface area contributed by atoms with Crippen molar-refractivity contribution in [3.05, 3.63) is 83.7 Å². The summed E-state index contributed by atoms with van der Waals surface area (Å²) in [6.07, 6.45) is 0.478. The van der Waals surface area contributed by atoms with E-state index in [0.29, 0.717) is 17.0 Å². The van der Waals surface area contributed by atoms with Crippen LogP contribution in [0.4, 0.5) is 15.8 Å². The molecule has 1 atom stereocenters. The molecule has 2 amide bonds. The predicted octanol–water partition coefficient (Wildman–Crippen LogP) is 4.99. The van der Waals surface area contributed by atoms with Crippen LogP contribution in [0.25, 0.3) is 0 Å². The van der Waals surface area contributed by atoms with Gasteiger partial charge in [0, 0.05) is 16.3 Å². The molecule has 0 saturated carbocycles. The highest BCUT2D eigenvalue weighted by atomic mass is 32.2. The number of hydrogen-bond donors (Lipinski definition) is 4. The van der Waals surface area contributed by atoms with Crippen LogP contribution in [0.15, 0.2) is 71.6 Å². The highest BCUT2D eigenvalue weighted by molar-refractivity contribution is 8.00. The van der Waals surface area contributed by atoms with Crippen LogP contribution in [0.3, 0.4) is 0 Å². The largest absolute Gasteiger partial charge is 0.507 e. The van der Waals surface area contributed by atoms with Crippen molar-refractivity contribution in [2.24, 2.45) is 0 Å². The first-order valence-electron chi connectivity index (χ1n) is 9.98. The van der Waals surface area contributed by atoms with Gasteiger partial charge in [0.25, 0.3) is 5.91 Å². The Bertz CT molecular complexity index is 1200. The number of phenols is 1. The number of carbonyl (C=O) groups excluding carboxylic acids is 2. The van der Waals surface area contributed by atoms with Crippen LogP contribution in [0.5, 0.6) is 5.75 Å². The van der Waals surface area contributed by atoms with E-state index in [1.165, 1.54) is 48.2 Å². The zero-order chi connectivity index (χ0) is 24.0. The molecule has 0 aliphatic heterocycles. The lowest BCUT2D eigenvalue weighted by Gasteiger charge is -2.16. The zero-order valence-electron chi connectivity index (χ0n) is 17.5. The van der Waals surface area contributed by atoms with Crippen molar-refractivity contribution in [3.63, 3.8) is 0 Å². The van der Waals surface area contributed by atoms with Gasteiger partial charge in [-0.1, -0.05) is 25.1 Å². The summed E-state index contributed by atoms with van der Waals surface area (Å²) in [6.45, 7) is 1.83. The number of nitrogens with one attached hydrogen (secondary N) is 2. The van der Waals surface area contributed by atoms with E-state index in [4.69, 9.17) is 5.11 Å². The van der Waals surface area contributed by atoms with Crippen molar-refractivity contribution >= 4 is 40.9 Å². The number of benzene rings is 3. The van der Waals surface area contributed by atoms with Crippen LogP contribution >= 0.6 is 11.8 Å². The fourth-order valence-electron chi connectivity index (χ4n) is 2.99. The summed E-state index contributed by atoms with van der Waals surface area (Å²) in [5.41, 5.74) is 0.316. The van der Waals surface area contributed by atoms with Gasteiger partial charge in [0.1, 0.15) is 17.1 Å². The molecule has 7 nitrogen and oxygen atoms in total. The van der Waals surface area contributed by atoms with Crippen LogP contribution in [0.2, 0.25) is 0 Å². The van der Waals surface area contributed by atoms with E-state index in [1.807, 2.05) is 6.92 Å². The lowest BCUT2D eigenvalue weighted by atomic mass is 10.1. The zero-order valence-corrected chi connectivity index (χ0v) is 18.4. The number of thioether (sulfide) groups is 1. The molecule has 3 rings (SSSR count). The second kappa shape index (κ2) is 10.6. The van der Waals surface area contributed by atoms with Gasteiger partial charge in [0.15, 0.2) is 0 Å². The van der Waals surface area contributed by atoms with Crippen molar-refractivity contribution in [1.82, 2.24) is 0 Å². The first kappa shape index (κ1) is 23.8. The molecule has 0 fully saturated rings. The Labute approximate surface area is 193 Å². The smallest absolute Gasteiger partial charge is 0.339 e. The number of anilines is 2. The summed E-state index contributed by atoms with van der Waals surface area (Å²) >= 11 is 1.27. The number of carbonyl (C=O) groups is 3. The molecule has 3 aromatic rings. The van der Waals surface area contributed by atoms with Gasteiger partial charge in [0.05, 0.1) is 10.8 Å². The highest BCUT2D eigenvalue weighted by Gasteiger charge is 2.20. The van der Waals surface area contributed by atoms with Gasteiger partial charge in [-0.2, -0.15) is 0 Å². The van der Waals surface area contributed by atoms with E-state index >= 15 is 0 Å². The van der Waals surface area contributed by atoms with Crippen molar-refractivity contribution in [1.29, 1.82) is 0 Å². The molecule has 9 heteroatoms. The standard InChI is InChI=1S/C24H21FN2O5S/c1-2-21(23(30)27-15-10-11-20(28)18(13-15)24(31)32)33-16-7-5-6-14(12-16)26-22(29)17-8-3-4-9-19(17)25/h3-13,21,28H,2H2,1H3,(H,26,29)(H,27,30)(H,31,32). The van der Waals surface area contributed by atoms with Gasteiger partial charge in [-0.25, -0.2) is 9.18 Å². The fourth-order valence-corrected chi connectivity index (χ4v) is 4.00. The predicted molar refractivity (Wildman–Crippen MR) is 124 cm³/mol. The first-order chi connectivity index (χ1) is 15.8. The number of rotatable bonds is 8. The normalized spacial score (nSPS) is 11.5. The van der Waals surface area contributed by atoms with Crippen molar-refractivity contribution < 1.29 is 29.0 Å². The maximum absolute atomic E-state index is 13.8. The maximum atomic E-state index is 13.8. The monoisotopic (exact) mass is 468 g/mol. The number of amides is 2. The Morgan fingerprint density at radius 2 is 1.67 bits per heavy atom. The Kier molecular flexibility index (Phi) is 7.68. The minimum atomic E-state index is -1.31. The molecule has 0 aromatic heterocycles. The molecule has 1 unspecified atom stereocenters. The van der Waals surface area contributed by atoms with Crippen molar-refractivity contribution in [2.45, 2.75) is 23.5 Å². The maximum Gasteiger partial charge on any atom is 0.339 e. The summed E-state index contributed by atoms with van der Waals surface area (Å²) in [5, 5.41) is 23.5.